The van der Waals surface area contributed by atoms with Crippen molar-refractivity contribution in [3.05, 3.63) is 50.9 Å². The van der Waals surface area contributed by atoms with Gasteiger partial charge in [-0.05, 0) is 43.4 Å². The number of rotatable bonds is 3. The molecule has 2 aromatic heterocycles. The lowest BCUT2D eigenvalue weighted by Crippen LogP contribution is -2.22. The summed E-state index contributed by atoms with van der Waals surface area (Å²) in [6.07, 6.45) is 1.69. The van der Waals surface area contributed by atoms with Gasteiger partial charge in [0.05, 0.1) is 11.7 Å². The van der Waals surface area contributed by atoms with Gasteiger partial charge in [-0.2, -0.15) is 0 Å². The number of benzene rings is 1. The Labute approximate surface area is 140 Å². The molecule has 3 rings (SSSR count). The van der Waals surface area contributed by atoms with E-state index in [0.29, 0.717) is 12.5 Å². The van der Waals surface area contributed by atoms with Gasteiger partial charge in [0.1, 0.15) is 4.83 Å². The van der Waals surface area contributed by atoms with Crippen LogP contribution in [0.25, 0.3) is 21.3 Å². The lowest BCUT2D eigenvalue weighted by Gasteiger charge is -2.09. The van der Waals surface area contributed by atoms with E-state index in [9.17, 15) is 4.79 Å². The quantitative estimate of drug-likeness (QED) is 0.699. The van der Waals surface area contributed by atoms with E-state index in [2.05, 4.69) is 57.8 Å². The van der Waals surface area contributed by atoms with Crippen molar-refractivity contribution < 1.29 is 0 Å². The summed E-state index contributed by atoms with van der Waals surface area (Å²) in [4.78, 5) is 19.5. The van der Waals surface area contributed by atoms with Crippen molar-refractivity contribution in [2.45, 2.75) is 41.2 Å². The van der Waals surface area contributed by atoms with E-state index in [-0.39, 0.29) is 5.56 Å². The zero-order valence-electron chi connectivity index (χ0n) is 14.3. The summed E-state index contributed by atoms with van der Waals surface area (Å²) in [5.74, 6) is 0.414. The molecule has 0 amide bonds. The molecule has 3 aromatic rings. The van der Waals surface area contributed by atoms with Gasteiger partial charge in [-0.15, -0.1) is 11.3 Å². The molecule has 0 bridgehead atoms. The lowest BCUT2D eigenvalue weighted by molar-refractivity contribution is 0.508. The molecule has 0 spiro atoms. The largest absolute Gasteiger partial charge is 0.298 e. The van der Waals surface area contributed by atoms with Crippen LogP contribution in [0.5, 0.6) is 0 Å². The van der Waals surface area contributed by atoms with Crippen LogP contribution in [-0.2, 0) is 6.54 Å². The molecule has 4 heteroatoms. The summed E-state index contributed by atoms with van der Waals surface area (Å²) < 4.78 is 1.74. The average Bonchev–Trinajstić information content (AvgIpc) is 2.82. The fourth-order valence-electron chi connectivity index (χ4n) is 2.91. The number of nitrogens with zero attached hydrogens (tertiary/aromatic N) is 2. The Morgan fingerprint density at radius 1 is 1.17 bits per heavy atom. The minimum absolute atomic E-state index is 0.0706. The van der Waals surface area contributed by atoms with Crippen LogP contribution in [0.4, 0.5) is 0 Å². The second kappa shape index (κ2) is 5.93. The van der Waals surface area contributed by atoms with Crippen molar-refractivity contribution in [1.82, 2.24) is 9.55 Å². The van der Waals surface area contributed by atoms with Crippen molar-refractivity contribution in [2.24, 2.45) is 5.92 Å². The summed E-state index contributed by atoms with van der Waals surface area (Å²) in [6.45, 7) is 11.2. The van der Waals surface area contributed by atoms with E-state index in [1.165, 1.54) is 11.1 Å². The standard InChI is InChI=1S/C19H22N2OS/c1-11(2)9-21-10-20-18-17(19(21)22)16(14(5)23-18)15-7-6-12(3)13(4)8-15/h6-8,10-11H,9H2,1-5H3. The second-order valence-electron chi connectivity index (χ2n) is 6.61. The topological polar surface area (TPSA) is 34.9 Å². The van der Waals surface area contributed by atoms with E-state index < -0.39 is 0 Å². The highest BCUT2D eigenvalue weighted by molar-refractivity contribution is 7.19. The zero-order valence-corrected chi connectivity index (χ0v) is 15.1. The van der Waals surface area contributed by atoms with Crippen LogP contribution in [0.1, 0.15) is 29.9 Å². The molecule has 0 saturated heterocycles. The maximum absolute atomic E-state index is 13.0. The van der Waals surface area contributed by atoms with Gasteiger partial charge in [-0.1, -0.05) is 32.0 Å². The van der Waals surface area contributed by atoms with E-state index in [1.807, 2.05) is 0 Å². The van der Waals surface area contributed by atoms with Crippen LogP contribution in [0.15, 0.2) is 29.3 Å². The van der Waals surface area contributed by atoms with Gasteiger partial charge in [0.2, 0.25) is 0 Å². The van der Waals surface area contributed by atoms with Gasteiger partial charge in [-0.3, -0.25) is 9.36 Å². The van der Waals surface area contributed by atoms with Crippen molar-refractivity contribution in [1.29, 1.82) is 0 Å². The van der Waals surface area contributed by atoms with Crippen molar-refractivity contribution >= 4 is 21.6 Å². The fraction of sp³-hybridized carbons (Fsp3) is 0.368. The third-order valence-electron chi connectivity index (χ3n) is 4.21. The van der Waals surface area contributed by atoms with Gasteiger partial charge in [0, 0.05) is 17.0 Å². The number of hydrogen-bond acceptors (Lipinski definition) is 3. The molecule has 3 nitrogen and oxygen atoms in total. The Morgan fingerprint density at radius 2 is 1.91 bits per heavy atom. The molecule has 0 aliphatic rings. The summed E-state index contributed by atoms with van der Waals surface area (Å²) in [5, 5.41) is 0.763. The molecule has 0 unspecified atom stereocenters. The minimum atomic E-state index is 0.0706. The molecule has 23 heavy (non-hydrogen) atoms. The van der Waals surface area contributed by atoms with E-state index in [0.717, 1.165) is 26.2 Å². The zero-order chi connectivity index (χ0) is 16.7. The summed E-state index contributed by atoms with van der Waals surface area (Å²) in [6, 6.07) is 6.40. The smallest absolute Gasteiger partial charge is 0.262 e. The van der Waals surface area contributed by atoms with Gasteiger partial charge < -0.3 is 0 Å². The third-order valence-corrected chi connectivity index (χ3v) is 5.23. The molecular formula is C19H22N2OS. The fourth-order valence-corrected chi connectivity index (χ4v) is 3.91. The molecule has 0 atom stereocenters. The maximum atomic E-state index is 13.0. The van der Waals surface area contributed by atoms with Crippen LogP contribution in [-0.4, -0.2) is 9.55 Å². The second-order valence-corrected chi connectivity index (χ2v) is 7.81. The van der Waals surface area contributed by atoms with Crippen LogP contribution in [0.2, 0.25) is 0 Å². The molecule has 0 saturated carbocycles. The van der Waals surface area contributed by atoms with Crippen LogP contribution >= 0.6 is 11.3 Å². The molecule has 0 aliphatic carbocycles. The predicted octanol–water partition coefficient (Wildman–Crippen LogP) is 4.71. The normalized spacial score (nSPS) is 11.6. The molecule has 0 N–H and O–H groups in total. The molecule has 120 valence electrons. The predicted molar refractivity (Wildman–Crippen MR) is 98.4 cm³/mol. The van der Waals surface area contributed by atoms with Crippen LogP contribution in [0, 0.1) is 26.7 Å². The number of fused-ring (bicyclic) bond motifs is 1. The van der Waals surface area contributed by atoms with Gasteiger partial charge in [0.25, 0.3) is 5.56 Å². The Kier molecular flexibility index (Phi) is 4.11. The molecular weight excluding hydrogens is 304 g/mol. The SMILES string of the molecule is Cc1ccc(-c2c(C)sc3ncn(CC(C)C)c(=O)c23)cc1C. The minimum Gasteiger partial charge on any atom is -0.298 e. The summed E-state index contributed by atoms with van der Waals surface area (Å²) >= 11 is 1.60. The molecule has 0 aliphatic heterocycles. The Bertz CT molecular complexity index is 934. The maximum Gasteiger partial charge on any atom is 0.262 e. The first-order valence-corrected chi connectivity index (χ1v) is 8.76. The van der Waals surface area contributed by atoms with Crippen molar-refractivity contribution in [3.63, 3.8) is 0 Å². The van der Waals surface area contributed by atoms with E-state index in [4.69, 9.17) is 0 Å². The monoisotopic (exact) mass is 326 g/mol. The Balaban J connectivity index is 2.29. The highest BCUT2D eigenvalue weighted by Crippen LogP contribution is 2.36. The Hall–Kier alpha value is -1.94. The van der Waals surface area contributed by atoms with Gasteiger partial charge >= 0.3 is 0 Å². The van der Waals surface area contributed by atoms with Gasteiger partial charge in [0.15, 0.2) is 0 Å². The highest BCUT2D eigenvalue weighted by atomic mass is 32.1. The lowest BCUT2D eigenvalue weighted by atomic mass is 9.99. The van der Waals surface area contributed by atoms with Crippen molar-refractivity contribution in [2.75, 3.05) is 0 Å². The molecule has 2 heterocycles. The highest BCUT2D eigenvalue weighted by Gasteiger charge is 2.17. The number of aryl methyl sites for hydroxylation is 3. The molecule has 1 aromatic carbocycles. The van der Waals surface area contributed by atoms with E-state index >= 15 is 0 Å². The van der Waals surface area contributed by atoms with Gasteiger partial charge in [-0.25, -0.2) is 4.98 Å². The first kappa shape index (κ1) is 15.9. The number of thiophene rings is 1. The molecule has 0 fully saturated rings. The van der Waals surface area contributed by atoms with Crippen LogP contribution in [0.3, 0.4) is 0 Å². The first-order chi connectivity index (χ1) is 10.9. The first-order valence-electron chi connectivity index (χ1n) is 7.94. The van der Waals surface area contributed by atoms with E-state index in [1.54, 1.807) is 22.2 Å². The number of hydrogen-bond donors (Lipinski definition) is 0. The Morgan fingerprint density at radius 3 is 2.57 bits per heavy atom. The summed E-state index contributed by atoms with van der Waals surface area (Å²) in [5.41, 5.74) is 4.73. The van der Waals surface area contributed by atoms with Crippen LogP contribution < -0.4 is 5.56 Å². The number of aromatic nitrogens is 2. The average molecular weight is 326 g/mol. The third kappa shape index (κ3) is 2.83. The van der Waals surface area contributed by atoms with Crippen molar-refractivity contribution in [3.8, 4) is 11.1 Å². The molecule has 0 radical (unpaired) electrons. The summed E-state index contributed by atoms with van der Waals surface area (Å²) in [7, 11) is 0.